The lowest BCUT2D eigenvalue weighted by molar-refractivity contribution is 0.682. The molecule has 0 aromatic heterocycles. The van der Waals surface area contributed by atoms with Crippen LogP contribution in [0.15, 0.2) is 330 Å². The van der Waals surface area contributed by atoms with Crippen molar-refractivity contribution >= 4 is 96.7 Å². The predicted octanol–water partition coefficient (Wildman–Crippen LogP) is 14.8. The normalized spacial score (nSPS) is 19.9. The zero-order valence-electron chi connectivity index (χ0n) is 39.6. The van der Waals surface area contributed by atoms with Crippen molar-refractivity contribution in [3.63, 3.8) is 0 Å². The fraction of sp³-hybridized carbons (Fsp3) is 0. The third kappa shape index (κ3) is 8.59. The summed E-state index contributed by atoms with van der Waals surface area (Å²) in [5.74, 6) is 0. The Morgan fingerprint density at radius 3 is 0.493 bits per heavy atom. The number of benzene rings is 10. The molecule has 2 atom stereocenters. The van der Waals surface area contributed by atoms with Crippen LogP contribution in [0.25, 0.3) is 0 Å². The Labute approximate surface area is 428 Å². The van der Waals surface area contributed by atoms with Gasteiger partial charge in [-0.25, -0.2) is 27.1 Å². The van der Waals surface area contributed by atoms with E-state index < -0.39 is 43.7 Å². The minimum absolute atomic E-state index is 0.868. The first kappa shape index (κ1) is 47.5. The Bertz CT molecular complexity index is 3310. The van der Waals surface area contributed by atoms with Crippen LogP contribution in [0.4, 0.5) is 0 Å². The molecule has 0 radical (unpaired) electrons. The summed E-state index contributed by atoms with van der Waals surface area (Å²) in [6, 6.07) is 106. The maximum atomic E-state index is 8.82. The van der Waals surface area contributed by atoms with Crippen molar-refractivity contribution in [2.24, 2.45) is 27.1 Å². The van der Waals surface area contributed by atoms with Crippen LogP contribution >= 0.6 is 43.7 Å². The number of nitrogens with zero attached hydrogens (tertiary/aromatic N) is 6. The summed E-state index contributed by atoms with van der Waals surface area (Å²) in [5, 5.41) is 9.86. The molecule has 0 aliphatic carbocycles. The topological polar surface area (TPSA) is 83.4 Å². The largest absolute Gasteiger partial charge is 0.261 e. The maximum absolute atomic E-state index is 8.82. The molecule has 2 unspecified atom stereocenters. The molecule has 0 saturated carbocycles. The van der Waals surface area contributed by atoms with E-state index in [-0.39, 0.29) is 0 Å². The van der Waals surface area contributed by atoms with Crippen molar-refractivity contribution in [1.29, 1.82) is 0 Å². The minimum Gasteiger partial charge on any atom is -0.261 e. The van der Waals surface area contributed by atoms with E-state index in [1.807, 2.05) is 0 Å². The Morgan fingerprint density at radius 2 is 0.315 bits per heavy atom. The minimum atomic E-state index is -3.82. The first-order valence-electron chi connectivity index (χ1n) is 24.1. The van der Waals surface area contributed by atoms with Gasteiger partial charge in [-0.15, -0.1) is 0 Å². The third-order valence-corrected chi connectivity index (χ3v) is 36.9. The lowest BCUT2D eigenvalue weighted by atomic mass is 10.4. The highest BCUT2D eigenvalue weighted by Gasteiger charge is 2.49. The molecule has 0 saturated heterocycles. The van der Waals surface area contributed by atoms with Crippen LogP contribution in [-0.2, 0) is 4.31 Å². The van der Waals surface area contributed by atoms with Gasteiger partial charge in [0.05, 0.1) is 0 Å². The van der Waals surface area contributed by atoms with Crippen LogP contribution in [-0.4, -0.2) is 0 Å². The first-order chi connectivity index (χ1) is 36.0. The lowest BCUT2D eigenvalue weighted by Gasteiger charge is -2.41. The van der Waals surface area contributed by atoms with Crippen molar-refractivity contribution in [1.82, 2.24) is 0 Å². The Morgan fingerprint density at radius 1 is 0.164 bits per heavy atom. The van der Waals surface area contributed by atoms with Crippen molar-refractivity contribution in [3.05, 3.63) is 303 Å². The molecule has 0 amide bonds. The highest BCUT2D eigenvalue weighted by molar-refractivity contribution is 8.01. The molecule has 0 fully saturated rings. The standard InChI is InChI=1S/C60H50N6OP6/c1-11-31-51(32-12-1)68(52-33-13-2-14-34-52)61-69(53-35-15-3-16-36-53,54-37-17-4-18-38-54)64-72(63-68,59-47-27-9-28-48-59)67-73(60-49-29-10-30-50-60)65-70(55-39-19-5-20-40-55,56-41-21-6-22-42-56)62-71(66-73,57-43-23-7-24-44-57)58-45-25-8-26-46-58/h1-50H. The fourth-order valence-electron chi connectivity index (χ4n) is 9.46. The van der Waals surface area contributed by atoms with Crippen LogP contribution < -0.4 is 53.0 Å². The summed E-state index contributed by atoms with van der Waals surface area (Å²) in [7, 11) is -20.7. The fourth-order valence-corrected chi connectivity index (χ4v) is 39.9. The molecule has 13 heteroatoms. The van der Waals surface area contributed by atoms with Crippen LogP contribution in [0.1, 0.15) is 0 Å². The van der Waals surface area contributed by atoms with Crippen LogP contribution in [0.5, 0.6) is 0 Å². The van der Waals surface area contributed by atoms with Gasteiger partial charge < -0.3 is 0 Å². The Balaban J connectivity index is 1.37. The molecule has 2 aliphatic heterocycles. The molecule has 73 heavy (non-hydrogen) atoms. The van der Waals surface area contributed by atoms with Gasteiger partial charge in [0.25, 0.3) is 0 Å². The molecule has 10 aromatic carbocycles. The highest BCUT2D eigenvalue weighted by Crippen LogP contribution is 2.85. The van der Waals surface area contributed by atoms with Crippen molar-refractivity contribution in [2.45, 2.75) is 0 Å². The van der Waals surface area contributed by atoms with Crippen LogP contribution in [0.2, 0.25) is 0 Å². The van der Waals surface area contributed by atoms with Crippen LogP contribution in [0, 0.1) is 0 Å². The second-order valence-corrected chi connectivity index (χ2v) is 34.6. The van der Waals surface area contributed by atoms with Crippen molar-refractivity contribution in [3.8, 4) is 0 Å². The Hall–Kier alpha value is -6.46. The predicted molar refractivity (Wildman–Crippen MR) is 318 cm³/mol. The summed E-state index contributed by atoms with van der Waals surface area (Å²) >= 11 is 0. The molecule has 0 spiro atoms. The lowest BCUT2D eigenvalue weighted by Crippen LogP contribution is -2.24. The van der Waals surface area contributed by atoms with Gasteiger partial charge in [0.1, 0.15) is 28.8 Å². The summed E-state index contributed by atoms with van der Waals surface area (Å²) in [6.45, 7) is 0. The first-order valence-corrected chi connectivity index (χ1v) is 34.1. The third-order valence-electron chi connectivity index (χ3n) is 12.9. The molecule has 12 rings (SSSR count). The van der Waals surface area contributed by atoms with Gasteiger partial charge in [0.2, 0.25) is 14.9 Å². The molecule has 0 bridgehead atoms. The molecule has 7 nitrogen and oxygen atoms in total. The SMILES string of the molecule is c1ccc(P2(OP3(c4ccccc4)=NP(c4ccccc4)(c4ccccc4)=NP(c4ccccc4)(c4ccccc4)=N3)=NP(c3ccccc3)(c3ccccc3)=NP(c3ccccc3)(c3ccccc3)=N2)cc1. The molecule has 356 valence electrons. The molecule has 2 aliphatic rings. The average Bonchev–Trinajstić information content (AvgIpc) is 3.49. The second kappa shape index (κ2) is 20.1. The van der Waals surface area contributed by atoms with E-state index >= 15 is 0 Å². The zero-order chi connectivity index (χ0) is 49.1. The number of hydrogen-bond donors (Lipinski definition) is 0. The summed E-state index contributed by atoms with van der Waals surface area (Å²) in [5.41, 5.74) is 0. The van der Waals surface area contributed by atoms with E-state index in [0.717, 1.165) is 53.0 Å². The Kier molecular flexibility index (Phi) is 13.1. The van der Waals surface area contributed by atoms with Gasteiger partial charge in [-0.3, -0.25) is 4.31 Å². The summed E-state index contributed by atoms with van der Waals surface area (Å²) < 4.78 is 47.3. The van der Waals surface area contributed by atoms with Gasteiger partial charge >= 0.3 is 0 Å². The van der Waals surface area contributed by atoms with Gasteiger partial charge in [0, 0.05) is 53.0 Å². The van der Waals surface area contributed by atoms with Gasteiger partial charge in [0.15, 0.2) is 0 Å². The highest BCUT2D eigenvalue weighted by atomic mass is 31.3. The van der Waals surface area contributed by atoms with Gasteiger partial charge in [-0.1, -0.05) is 279 Å². The van der Waals surface area contributed by atoms with Crippen LogP contribution in [0.3, 0.4) is 0 Å². The van der Waals surface area contributed by atoms with E-state index in [4.69, 9.17) is 31.4 Å². The van der Waals surface area contributed by atoms with Gasteiger partial charge in [-0.2, -0.15) is 0 Å². The quantitative estimate of drug-likeness (QED) is 0.112. The second-order valence-electron chi connectivity index (χ2n) is 17.5. The summed E-state index contributed by atoms with van der Waals surface area (Å²) in [6.07, 6.45) is 0. The smallest absolute Gasteiger partial charge is 0.240 e. The molecule has 10 aromatic rings. The summed E-state index contributed by atoms with van der Waals surface area (Å²) in [4.78, 5) is 0. The van der Waals surface area contributed by atoms with E-state index in [9.17, 15) is 0 Å². The van der Waals surface area contributed by atoms with Crippen molar-refractivity contribution < 1.29 is 4.31 Å². The van der Waals surface area contributed by atoms with E-state index in [1.165, 1.54) is 0 Å². The average molecular weight is 1060 g/mol. The van der Waals surface area contributed by atoms with Crippen molar-refractivity contribution in [2.75, 3.05) is 0 Å². The van der Waals surface area contributed by atoms with E-state index in [1.54, 1.807) is 0 Å². The zero-order valence-corrected chi connectivity index (χ0v) is 45.0. The molecule has 2 heterocycles. The molecular formula is C60H50N6OP6. The van der Waals surface area contributed by atoms with E-state index in [2.05, 4.69) is 303 Å². The molecular weight excluding hydrogens is 1010 g/mol. The maximum Gasteiger partial charge on any atom is 0.240 e. The van der Waals surface area contributed by atoms with E-state index in [0.29, 0.717) is 0 Å². The molecule has 0 N–H and O–H groups in total. The van der Waals surface area contributed by atoms with Gasteiger partial charge in [-0.05, 0) is 24.3 Å². The number of rotatable bonds is 12. The number of hydrogen-bond acceptors (Lipinski definition) is 7. The monoisotopic (exact) mass is 1060 g/mol.